The molecular formula is C14H26N2O. The number of ether oxygens (including phenoxy) is 1. The summed E-state index contributed by atoms with van der Waals surface area (Å²) < 4.78 is 5.72. The fourth-order valence-electron chi connectivity index (χ4n) is 3.68. The fourth-order valence-corrected chi connectivity index (χ4v) is 3.68. The zero-order valence-electron chi connectivity index (χ0n) is 10.9. The minimum atomic E-state index is 0.568. The Morgan fingerprint density at radius 3 is 2.82 bits per heavy atom. The third-order valence-electron chi connectivity index (χ3n) is 4.68. The van der Waals surface area contributed by atoms with Crippen molar-refractivity contribution in [3.05, 3.63) is 0 Å². The van der Waals surface area contributed by atoms with Gasteiger partial charge in [-0.2, -0.15) is 0 Å². The third-order valence-corrected chi connectivity index (χ3v) is 4.68. The predicted molar refractivity (Wildman–Crippen MR) is 69.2 cm³/mol. The van der Waals surface area contributed by atoms with Gasteiger partial charge in [0.05, 0.1) is 6.10 Å². The van der Waals surface area contributed by atoms with E-state index >= 15 is 0 Å². The lowest BCUT2D eigenvalue weighted by Gasteiger charge is -2.26. The van der Waals surface area contributed by atoms with Crippen LogP contribution in [-0.2, 0) is 4.74 Å². The van der Waals surface area contributed by atoms with E-state index < -0.39 is 0 Å². The first kappa shape index (κ1) is 11.9. The molecule has 0 aromatic rings. The Kier molecular flexibility index (Phi) is 3.99. The van der Waals surface area contributed by atoms with Gasteiger partial charge in [-0.1, -0.05) is 0 Å². The molecule has 0 aliphatic carbocycles. The van der Waals surface area contributed by atoms with Crippen molar-refractivity contribution in [2.75, 3.05) is 39.3 Å². The molecule has 3 heterocycles. The van der Waals surface area contributed by atoms with Gasteiger partial charge in [-0.3, -0.25) is 4.90 Å². The Morgan fingerprint density at radius 2 is 1.94 bits per heavy atom. The van der Waals surface area contributed by atoms with Gasteiger partial charge in [0.1, 0.15) is 0 Å². The first-order valence-corrected chi connectivity index (χ1v) is 7.50. The Bertz CT molecular complexity index is 240. The van der Waals surface area contributed by atoms with Gasteiger partial charge in [-0.15, -0.1) is 0 Å². The van der Waals surface area contributed by atoms with Crippen LogP contribution in [0.5, 0.6) is 0 Å². The van der Waals surface area contributed by atoms with Crippen LogP contribution in [0.4, 0.5) is 0 Å². The van der Waals surface area contributed by atoms with Crippen LogP contribution in [0.25, 0.3) is 0 Å². The van der Waals surface area contributed by atoms with Crippen molar-refractivity contribution in [1.29, 1.82) is 0 Å². The minimum absolute atomic E-state index is 0.568. The second-order valence-electron chi connectivity index (χ2n) is 5.91. The van der Waals surface area contributed by atoms with E-state index in [9.17, 15) is 0 Å². The zero-order chi connectivity index (χ0) is 11.5. The van der Waals surface area contributed by atoms with Crippen LogP contribution in [0.3, 0.4) is 0 Å². The maximum atomic E-state index is 5.72. The van der Waals surface area contributed by atoms with Gasteiger partial charge in [0.25, 0.3) is 0 Å². The van der Waals surface area contributed by atoms with Gasteiger partial charge >= 0.3 is 0 Å². The molecule has 3 saturated heterocycles. The first-order valence-electron chi connectivity index (χ1n) is 7.50. The van der Waals surface area contributed by atoms with Crippen LogP contribution in [-0.4, -0.2) is 61.3 Å². The summed E-state index contributed by atoms with van der Waals surface area (Å²) >= 11 is 0. The molecule has 0 amide bonds. The smallest absolute Gasteiger partial charge is 0.0588 e. The van der Waals surface area contributed by atoms with Crippen molar-refractivity contribution >= 4 is 0 Å². The molecule has 3 aliphatic heterocycles. The van der Waals surface area contributed by atoms with Crippen molar-refractivity contribution in [1.82, 2.24) is 9.80 Å². The lowest BCUT2D eigenvalue weighted by molar-refractivity contribution is 0.0907. The summed E-state index contributed by atoms with van der Waals surface area (Å²) in [6.07, 6.45) is 8.61. The molecule has 0 aromatic carbocycles. The molecule has 2 atom stereocenters. The van der Waals surface area contributed by atoms with Crippen LogP contribution in [0.2, 0.25) is 0 Å². The van der Waals surface area contributed by atoms with Crippen LogP contribution >= 0.6 is 0 Å². The van der Waals surface area contributed by atoms with Crippen LogP contribution < -0.4 is 0 Å². The van der Waals surface area contributed by atoms with Crippen molar-refractivity contribution in [3.63, 3.8) is 0 Å². The van der Waals surface area contributed by atoms with Crippen molar-refractivity contribution in [2.45, 2.75) is 50.7 Å². The summed E-state index contributed by atoms with van der Waals surface area (Å²) in [5, 5.41) is 0. The molecule has 0 N–H and O–H groups in total. The molecule has 3 fully saturated rings. The Hall–Kier alpha value is -0.120. The van der Waals surface area contributed by atoms with Gasteiger partial charge in [0, 0.05) is 25.7 Å². The van der Waals surface area contributed by atoms with E-state index in [1.807, 2.05) is 0 Å². The summed E-state index contributed by atoms with van der Waals surface area (Å²) in [5.74, 6) is 0. The number of hydrogen-bond donors (Lipinski definition) is 0. The van der Waals surface area contributed by atoms with Crippen LogP contribution in [0.1, 0.15) is 38.5 Å². The third kappa shape index (κ3) is 3.01. The zero-order valence-corrected chi connectivity index (χ0v) is 10.9. The molecule has 98 valence electrons. The van der Waals surface area contributed by atoms with E-state index in [1.54, 1.807) is 0 Å². The molecule has 2 unspecified atom stereocenters. The average molecular weight is 238 g/mol. The molecule has 3 nitrogen and oxygen atoms in total. The monoisotopic (exact) mass is 238 g/mol. The van der Waals surface area contributed by atoms with E-state index in [0.29, 0.717) is 6.10 Å². The van der Waals surface area contributed by atoms with E-state index in [4.69, 9.17) is 4.74 Å². The molecule has 17 heavy (non-hydrogen) atoms. The quantitative estimate of drug-likeness (QED) is 0.744. The van der Waals surface area contributed by atoms with Crippen molar-refractivity contribution < 1.29 is 4.74 Å². The van der Waals surface area contributed by atoms with E-state index in [0.717, 1.165) is 12.6 Å². The predicted octanol–water partition coefficient (Wildman–Crippen LogP) is 1.73. The van der Waals surface area contributed by atoms with Gasteiger partial charge in [-0.25, -0.2) is 0 Å². The summed E-state index contributed by atoms with van der Waals surface area (Å²) in [4.78, 5) is 5.41. The molecular weight excluding hydrogens is 212 g/mol. The maximum Gasteiger partial charge on any atom is 0.0588 e. The maximum absolute atomic E-state index is 5.72. The molecule has 3 aliphatic rings. The number of hydrogen-bond acceptors (Lipinski definition) is 3. The van der Waals surface area contributed by atoms with Gasteiger partial charge in [-0.05, 0) is 58.2 Å². The minimum Gasteiger partial charge on any atom is -0.378 e. The summed E-state index contributed by atoms with van der Waals surface area (Å²) in [5.41, 5.74) is 0. The van der Waals surface area contributed by atoms with Crippen LogP contribution in [0, 0.1) is 0 Å². The topological polar surface area (TPSA) is 15.7 Å². The highest BCUT2D eigenvalue weighted by molar-refractivity contribution is 4.85. The second kappa shape index (κ2) is 5.68. The van der Waals surface area contributed by atoms with Gasteiger partial charge in [0.15, 0.2) is 0 Å². The lowest BCUT2D eigenvalue weighted by Crippen LogP contribution is -2.37. The van der Waals surface area contributed by atoms with Crippen molar-refractivity contribution in [2.24, 2.45) is 0 Å². The Balaban J connectivity index is 1.45. The summed E-state index contributed by atoms with van der Waals surface area (Å²) in [6, 6.07) is 0.863. The first-order chi connectivity index (χ1) is 8.42. The normalized spacial score (nSPS) is 36.0. The molecule has 0 aromatic heterocycles. The highest BCUT2D eigenvalue weighted by Gasteiger charge is 2.28. The molecule has 0 bridgehead atoms. The number of nitrogens with zero attached hydrogens (tertiary/aromatic N) is 2. The Labute approximate surface area is 105 Å². The second-order valence-corrected chi connectivity index (χ2v) is 5.91. The molecule has 0 saturated carbocycles. The van der Waals surface area contributed by atoms with Gasteiger partial charge in [0.2, 0.25) is 0 Å². The molecule has 3 heteroatoms. The Morgan fingerprint density at radius 1 is 1.00 bits per heavy atom. The standard InChI is InChI=1S/C14H26N2O/c1-4-13-12-15(7-3-9-16(13)8-1)10-6-14-5-2-11-17-14/h13-14H,1-12H2. The molecule has 0 radical (unpaired) electrons. The number of fused-ring (bicyclic) bond motifs is 1. The van der Waals surface area contributed by atoms with Crippen molar-refractivity contribution in [3.8, 4) is 0 Å². The largest absolute Gasteiger partial charge is 0.378 e. The highest BCUT2D eigenvalue weighted by atomic mass is 16.5. The van der Waals surface area contributed by atoms with Crippen LogP contribution in [0.15, 0.2) is 0 Å². The van der Waals surface area contributed by atoms with E-state index in [2.05, 4.69) is 9.80 Å². The summed E-state index contributed by atoms with van der Waals surface area (Å²) in [7, 11) is 0. The molecule has 0 spiro atoms. The fraction of sp³-hybridized carbons (Fsp3) is 1.00. The van der Waals surface area contributed by atoms with E-state index in [-0.39, 0.29) is 0 Å². The highest BCUT2D eigenvalue weighted by Crippen LogP contribution is 2.22. The lowest BCUT2D eigenvalue weighted by atomic mass is 10.1. The SMILES string of the molecule is C1COC(CCN2CCCN3CCCC3C2)C1. The molecule has 3 rings (SSSR count). The van der Waals surface area contributed by atoms with Gasteiger partial charge < -0.3 is 9.64 Å². The van der Waals surface area contributed by atoms with E-state index in [1.165, 1.54) is 71.2 Å². The average Bonchev–Trinajstić information content (AvgIpc) is 2.95. The summed E-state index contributed by atoms with van der Waals surface area (Å²) in [6.45, 7) is 7.56. The number of rotatable bonds is 3.